The number of carbonyl (C=O) groups is 2. The van der Waals surface area contributed by atoms with Crippen LogP contribution in [0.3, 0.4) is 0 Å². The van der Waals surface area contributed by atoms with Gasteiger partial charge in [-0.25, -0.2) is 8.42 Å². The number of nitrogens with zero attached hydrogens (tertiary/aromatic N) is 2. The molecule has 2 amide bonds. The second-order valence-electron chi connectivity index (χ2n) is 8.95. The summed E-state index contributed by atoms with van der Waals surface area (Å²) in [6, 6.07) is 22.4. The van der Waals surface area contributed by atoms with Crippen LogP contribution < -0.4 is 9.62 Å². The lowest BCUT2D eigenvalue weighted by molar-refractivity contribution is -0.139. The summed E-state index contributed by atoms with van der Waals surface area (Å²) in [5, 5.41) is 2.64. The van der Waals surface area contributed by atoms with E-state index in [1.165, 1.54) is 24.1 Å². The van der Waals surface area contributed by atoms with E-state index in [1.54, 1.807) is 30.3 Å². The lowest BCUT2D eigenvalue weighted by atomic mass is 10.1. The van der Waals surface area contributed by atoms with Crippen molar-refractivity contribution in [2.75, 3.05) is 24.4 Å². The Balaban J connectivity index is 2.01. The molecular formula is C29H35N3O4S. The van der Waals surface area contributed by atoms with Crippen LogP contribution >= 0.6 is 0 Å². The number of likely N-dealkylation sites (N-methyl/N-ethyl adjacent to an activating group) is 1. The second-order valence-corrected chi connectivity index (χ2v) is 10.8. The zero-order valence-electron chi connectivity index (χ0n) is 21.8. The van der Waals surface area contributed by atoms with E-state index in [2.05, 4.69) is 5.32 Å². The number of anilines is 1. The first kappa shape index (κ1) is 27.9. The van der Waals surface area contributed by atoms with Gasteiger partial charge >= 0.3 is 0 Å². The van der Waals surface area contributed by atoms with E-state index in [4.69, 9.17) is 0 Å². The standard InChI is InChI=1S/C29H35N3O4S/c1-5-27(29(34)30-4)31(19-18-24-12-8-6-9-13-24)28(33)21-32(25-17-16-22(2)23(3)20-25)37(35,36)26-14-10-7-11-15-26/h6-17,20,27H,5,18-19,21H2,1-4H3,(H,30,34)/t27-/m1/s1. The van der Waals surface area contributed by atoms with Crippen LogP contribution in [0.2, 0.25) is 0 Å². The van der Waals surface area contributed by atoms with Gasteiger partial charge in [-0.15, -0.1) is 0 Å². The van der Waals surface area contributed by atoms with Crippen LogP contribution in [0.15, 0.2) is 83.8 Å². The van der Waals surface area contributed by atoms with Crippen LogP contribution in [0.25, 0.3) is 0 Å². The van der Waals surface area contributed by atoms with Gasteiger partial charge in [-0.1, -0.05) is 61.5 Å². The fourth-order valence-electron chi connectivity index (χ4n) is 4.19. The number of carbonyl (C=O) groups excluding carboxylic acids is 2. The molecule has 0 heterocycles. The Bertz CT molecular complexity index is 1310. The molecule has 0 bridgehead atoms. The molecule has 196 valence electrons. The van der Waals surface area contributed by atoms with E-state index >= 15 is 0 Å². The molecule has 0 radical (unpaired) electrons. The summed E-state index contributed by atoms with van der Waals surface area (Å²) in [5.74, 6) is -0.725. The molecule has 0 unspecified atom stereocenters. The van der Waals surface area contributed by atoms with E-state index in [0.717, 1.165) is 21.0 Å². The van der Waals surface area contributed by atoms with Gasteiger partial charge in [-0.05, 0) is 67.6 Å². The topological polar surface area (TPSA) is 86.8 Å². The summed E-state index contributed by atoms with van der Waals surface area (Å²) < 4.78 is 28.7. The van der Waals surface area contributed by atoms with E-state index in [9.17, 15) is 18.0 Å². The summed E-state index contributed by atoms with van der Waals surface area (Å²) in [4.78, 5) is 28.2. The second kappa shape index (κ2) is 12.5. The molecule has 0 spiro atoms. The Kier molecular flexibility index (Phi) is 9.47. The van der Waals surface area contributed by atoms with Crippen LogP contribution in [-0.2, 0) is 26.0 Å². The molecule has 0 fully saturated rings. The highest BCUT2D eigenvalue weighted by atomic mass is 32.2. The monoisotopic (exact) mass is 521 g/mol. The van der Waals surface area contributed by atoms with Crippen molar-refractivity contribution in [3.8, 4) is 0 Å². The van der Waals surface area contributed by atoms with Crippen LogP contribution in [0.1, 0.15) is 30.0 Å². The smallest absolute Gasteiger partial charge is 0.264 e. The van der Waals surface area contributed by atoms with Gasteiger partial charge in [0.05, 0.1) is 10.6 Å². The van der Waals surface area contributed by atoms with Gasteiger partial charge in [-0.2, -0.15) is 0 Å². The molecule has 0 aliphatic carbocycles. The molecule has 8 heteroatoms. The molecule has 7 nitrogen and oxygen atoms in total. The fourth-order valence-corrected chi connectivity index (χ4v) is 5.62. The molecule has 0 aliphatic rings. The molecular weight excluding hydrogens is 486 g/mol. The van der Waals surface area contributed by atoms with Crippen LogP contribution in [0, 0.1) is 13.8 Å². The number of amides is 2. The zero-order chi connectivity index (χ0) is 27.0. The summed E-state index contributed by atoms with van der Waals surface area (Å²) >= 11 is 0. The first-order valence-electron chi connectivity index (χ1n) is 12.4. The predicted octanol–water partition coefficient (Wildman–Crippen LogP) is 4.09. The van der Waals surface area contributed by atoms with Crippen molar-refractivity contribution >= 4 is 27.5 Å². The van der Waals surface area contributed by atoms with E-state index < -0.39 is 28.5 Å². The van der Waals surface area contributed by atoms with Crippen molar-refractivity contribution in [1.29, 1.82) is 0 Å². The molecule has 3 aromatic carbocycles. The third-order valence-electron chi connectivity index (χ3n) is 6.51. The molecule has 0 aliphatic heterocycles. The van der Waals surface area contributed by atoms with Gasteiger partial charge in [0.15, 0.2) is 0 Å². The highest BCUT2D eigenvalue weighted by Gasteiger charge is 2.33. The fraction of sp³-hybridized carbons (Fsp3) is 0.310. The lowest BCUT2D eigenvalue weighted by Crippen LogP contribution is -2.52. The minimum atomic E-state index is -4.05. The summed E-state index contributed by atoms with van der Waals surface area (Å²) in [5.41, 5.74) is 3.35. The van der Waals surface area contributed by atoms with E-state index in [-0.39, 0.29) is 17.3 Å². The lowest BCUT2D eigenvalue weighted by Gasteiger charge is -2.33. The largest absolute Gasteiger partial charge is 0.357 e. The Morgan fingerprint density at radius 3 is 2.08 bits per heavy atom. The number of hydrogen-bond acceptors (Lipinski definition) is 4. The predicted molar refractivity (Wildman–Crippen MR) is 147 cm³/mol. The molecule has 1 atom stereocenters. The number of benzene rings is 3. The third kappa shape index (κ3) is 6.77. The Labute approximate surface area is 220 Å². The average molecular weight is 522 g/mol. The van der Waals surface area contributed by atoms with Crippen molar-refractivity contribution in [2.45, 2.75) is 44.6 Å². The number of hydrogen-bond donors (Lipinski definition) is 1. The Morgan fingerprint density at radius 2 is 1.51 bits per heavy atom. The molecule has 0 aromatic heterocycles. The van der Waals surface area contributed by atoms with Crippen molar-refractivity contribution in [3.63, 3.8) is 0 Å². The molecule has 3 aromatic rings. The number of rotatable bonds is 11. The Hall–Kier alpha value is -3.65. The summed E-state index contributed by atoms with van der Waals surface area (Å²) in [6.45, 7) is 5.53. The summed E-state index contributed by atoms with van der Waals surface area (Å²) in [7, 11) is -2.52. The van der Waals surface area contributed by atoms with E-state index in [1.807, 2.05) is 57.2 Å². The normalized spacial score (nSPS) is 12.0. The van der Waals surface area contributed by atoms with Crippen LogP contribution in [-0.4, -0.2) is 51.3 Å². The van der Waals surface area contributed by atoms with Gasteiger partial charge in [0, 0.05) is 13.6 Å². The van der Waals surface area contributed by atoms with Crippen LogP contribution in [0.5, 0.6) is 0 Å². The summed E-state index contributed by atoms with van der Waals surface area (Å²) in [6.07, 6.45) is 0.935. The highest BCUT2D eigenvalue weighted by molar-refractivity contribution is 7.92. The number of nitrogens with one attached hydrogen (secondary N) is 1. The molecule has 0 saturated heterocycles. The molecule has 3 rings (SSSR count). The van der Waals surface area contributed by atoms with Gasteiger partial charge in [0.2, 0.25) is 11.8 Å². The maximum atomic E-state index is 13.8. The maximum Gasteiger partial charge on any atom is 0.264 e. The molecule has 1 N–H and O–H groups in total. The third-order valence-corrected chi connectivity index (χ3v) is 8.29. The van der Waals surface area contributed by atoms with Gasteiger partial charge in [0.1, 0.15) is 12.6 Å². The average Bonchev–Trinajstić information content (AvgIpc) is 2.91. The minimum Gasteiger partial charge on any atom is -0.357 e. The Morgan fingerprint density at radius 1 is 0.892 bits per heavy atom. The SMILES string of the molecule is CC[C@H](C(=O)NC)N(CCc1ccccc1)C(=O)CN(c1ccc(C)c(C)c1)S(=O)(=O)c1ccccc1. The van der Waals surface area contributed by atoms with Crippen molar-refractivity contribution < 1.29 is 18.0 Å². The maximum absolute atomic E-state index is 13.8. The van der Waals surface area contributed by atoms with Gasteiger partial charge < -0.3 is 10.2 Å². The molecule has 0 saturated carbocycles. The van der Waals surface area contributed by atoms with Gasteiger partial charge in [-0.3, -0.25) is 13.9 Å². The van der Waals surface area contributed by atoms with Crippen molar-refractivity contribution in [1.82, 2.24) is 10.2 Å². The molecule has 37 heavy (non-hydrogen) atoms. The first-order chi connectivity index (χ1) is 17.7. The van der Waals surface area contributed by atoms with Crippen LogP contribution in [0.4, 0.5) is 5.69 Å². The van der Waals surface area contributed by atoms with E-state index in [0.29, 0.717) is 18.5 Å². The quantitative estimate of drug-likeness (QED) is 0.412. The number of aryl methyl sites for hydroxylation is 2. The minimum absolute atomic E-state index is 0.0928. The highest BCUT2D eigenvalue weighted by Crippen LogP contribution is 2.26. The van der Waals surface area contributed by atoms with Crippen molar-refractivity contribution in [2.24, 2.45) is 0 Å². The number of sulfonamides is 1. The van der Waals surface area contributed by atoms with Crippen molar-refractivity contribution in [3.05, 3.63) is 95.6 Å². The van der Waals surface area contributed by atoms with Gasteiger partial charge in [0.25, 0.3) is 10.0 Å². The first-order valence-corrected chi connectivity index (χ1v) is 13.8. The zero-order valence-corrected chi connectivity index (χ0v) is 22.7.